The standard InChI is InChI=1S/C42H46F3N9O4/c43-42(44,45)34-24-32(7-4-28(34)25-46)58-31-8-5-29(6-9-31)47-40(56)35-10-11-38(50-49-35)52-20-12-27(13-21-52)26-51-18-14-30(15-19-51)53-22-16-33-36(53)2-1-3-37(33)54-23-17-39(55)48-41(54)57/h1-4,7,10-11,16,22,24,27,29-31H,5-6,8-9,12-15,17-21,23,26H2,(H,47,56)(H,48,55,57)/t29-,31-. The SMILES string of the molecule is N#Cc1ccc(O[C@H]2CC[C@H](NC(=O)c3ccc(N4CCC(CN5CCC(n6ccc7c(N8CCC(=O)NC8=O)cccc76)CC5)CC4)nn3)CC2)cc1C(F)(F)F. The number of rotatable bonds is 9. The quantitative estimate of drug-likeness (QED) is 0.195. The van der Waals surface area contributed by atoms with Gasteiger partial charge in [0.25, 0.3) is 5.91 Å². The van der Waals surface area contributed by atoms with Gasteiger partial charge in [-0.3, -0.25) is 19.8 Å². The number of ether oxygens (including phenoxy) is 1. The molecule has 0 bridgehead atoms. The Morgan fingerprint density at radius 1 is 0.914 bits per heavy atom. The number of nitrogens with zero attached hydrogens (tertiary/aromatic N) is 7. The molecule has 4 aromatic rings. The number of alkyl halides is 3. The molecule has 4 fully saturated rings. The first-order valence-electron chi connectivity index (χ1n) is 20.1. The van der Waals surface area contributed by atoms with E-state index in [4.69, 9.17) is 10.00 Å². The van der Waals surface area contributed by atoms with Gasteiger partial charge in [-0.05, 0) is 106 Å². The molecule has 0 unspecified atom stereocenters. The minimum absolute atomic E-state index is 0.0714. The number of nitriles is 1. The van der Waals surface area contributed by atoms with Gasteiger partial charge in [0, 0.05) is 69.4 Å². The van der Waals surface area contributed by atoms with Gasteiger partial charge in [-0.1, -0.05) is 6.07 Å². The maximum absolute atomic E-state index is 13.4. The van der Waals surface area contributed by atoms with E-state index in [9.17, 15) is 27.6 Å². The zero-order chi connectivity index (χ0) is 40.4. The Kier molecular flexibility index (Phi) is 11.2. The molecule has 0 atom stereocenters. The van der Waals surface area contributed by atoms with Crippen LogP contribution >= 0.6 is 0 Å². The lowest BCUT2D eigenvalue weighted by Crippen LogP contribution is -2.49. The van der Waals surface area contributed by atoms with Crippen molar-refractivity contribution >= 4 is 40.3 Å². The van der Waals surface area contributed by atoms with E-state index in [0.717, 1.165) is 92.9 Å². The van der Waals surface area contributed by atoms with E-state index >= 15 is 0 Å². The van der Waals surface area contributed by atoms with Crippen LogP contribution in [0.4, 0.5) is 29.5 Å². The lowest BCUT2D eigenvalue weighted by atomic mass is 9.92. The van der Waals surface area contributed by atoms with Crippen molar-refractivity contribution in [1.82, 2.24) is 30.3 Å². The monoisotopic (exact) mass is 797 g/mol. The van der Waals surface area contributed by atoms with Crippen LogP contribution in [0.2, 0.25) is 0 Å². The molecule has 58 heavy (non-hydrogen) atoms. The van der Waals surface area contributed by atoms with Crippen molar-refractivity contribution in [2.75, 3.05) is 49.1 Å². The predicted octanol–water partition coefficient (Wildman–Crippen LogP) is 6.44. The zero-order valence-electron chi connectivity index (χ0n) is 32.1. The fourth-order valence-electron chi connectivity index (χ4n) is 8.93. The molecule has 2 N–H and O–H groups in total. The van der Waals surface area contributed by atoms with Gasteiger partial charge in [-0.15, -0.1) is 10.2 Å². The Hall–Kier alpha value is -5.69. The summed E-state index contributed by atoms with van der Waals surface area (Å²) >= 11 is 0. The number of aromatic nitrogens is 3. The maximum atomic E-state index is 13.4. The second-order valence-corrected chi connectivity index (χ2v) is 15.8. The molecule has 2 aromatic carbocycles. The molecule has 0 radical (unpaired) electrons. The summed E-state index contributed by atoms with van der Waals surface area (Å²) in [6.45, 7) is 5.22. The molecule has 13 nitrogen and oxygen atoms in total. The molecule has 1 aliphatic carbocycles. The molecule has 3 saturated heterocycles. The molecular weight excluding hydrogens is 752 g/mol. The minimum atomic E-state index is -4.65. The van der Waals surface area contributed by atoms with Crippen LogP contribution in [0.3, 0.4) is 0 Å². The lowest BCUT2D eigenvalue weighted by Gasteiger charge is -2.38. The lowest BCUT2D eigenvalue weighted by molar-refractivity contribution is -0.138. The number of fused-ring (bicyclic) bond motifs is 1. The van der Waals surface area contributed by atoms with Crippen LogP contribution in [-0.2, 0) is 11.0 Å². The molecule has 4 aliphatic rings. The Labute approximate surface area is 334 Å². The topological polar surface area (TPSA) is 149 Å². The smallest absolute Gasteiger partial charge is 0.417 e. The number of carbonyl (C=O) groups excluding carboxylic acids is 3. The Morgan fingerprint density at radius 2 is 1.69 bits per heavy atom. The normalized spacial score (nSPS) is 21.5. The highest BCUT2D eigenvalue weighted by Crippen LogP contribution is 2.36. The number of hydrogen-bond donors (Lipinski definition) is 2. The third kappa shape index (κ3) is 8.59. The number of benzene rings is 2. The third-order valence-electron chi connectivity index (χ3n) is 12.1. The van der Waals surface area contributed by atoms with Crippen molar-refractivity contribution in [3.8, 4) is 11.8 Å². The summed E-state index contributed by atoms with van der Waals surface area (Å²) in [4.78, 5) is 43.7. The number of amides is 4. The zero-order valence-corrected chi connectivity index (χ0v) is 32.1. The summed E-state index contributed by atoms with van der Waals surface area (Å²) in [5.41, 5.74) is 0.714. The van der Waals surface area contributed by atoms with Crippen molar-refractivity contribution in [3.63, 3.8) is 0 Å². The van der Waals surface area contributed by atoms with E-state index in [1.807, 2.05) is 18.2 Å². The Morgan fingerprint density at radius 3 is 2.38 bits per heavy atom. The average Bonchev–Trinajstić information content (AvgIpc) is 3.67. The van der Waals surface area contributed by atoms with E-state index < -0.39 is 17.3 Å². The third-order valence-corrected chi connectivity index (χ3v) is 12.1. The fourth-order valence-corrected chi connectivity index (χ4v) is 8.93. The van der Waals surface area contributed by atoms with Crippen LogP contribution in [0.1, 0.15) is 85.4 Å². The van der Waals surface area contributed by atoms with Gasteiger partial charge in [0.2, 0.25) is 5.91 Å². The van der Waals surface area contributed by atoms with Gasteiger partial charge < -0.3 is 24.4 Å². The second-order valence-electron chi connectivity index (χ2n) is 15.8. The molecule has 16 heteroatoms. The van der Waals surface area contributed by atoms with Gasteiger partial charge in [0.05, 0.1) is 34.5 Å². The highest BCUT2D eigenvalue weighted by Gasteiger charge is 2.35. The first-order chi connectivity index (χ1) is 28.0. The van der Waals surface area contributed by atoms with Crippen LogP contribution < -0.4 is 25.2 Å². The molecule has 4 amide bonds. The molecule has 3 aliphatic heterocycles. The van der Waals surface area contributed by atoms with Crippen LogP contribution in [-0.4, -0.2) is 88.9 Å². The number of halogens is 3. The number of imide groups is 1. The highest BCUT2D eigenvalue weighted by molar-refractivity contribution is 6.09. The van der Waals surface area contributed by atoms with E-state index in [-0.39, 0.29) is 41.4 Å². The first-order valence-corrected chi connectivity index (χ1v) is 20.1. The molecule has 2 aromatic heterocycles. The maximum Gasteiger partial charge on any atom is 0.417 e. The summed E-state index contributed by atoms with van der Waals surface area (Å²) < 4.78 is 48.3. The second kappa shape index (κ2) is 16.7. The summed E-state index contributed by atoms with van der Waals surface area (Å²) in [6.07, 6.45) is 4.00. The number of nitrogens with one attached hydrogen (secondary N) is 2. The fraction of sp³-hybridized carbons (Fsp3) is 0.476. The van der Waals surface area contributed by atoms with Crippen molar-refractivity contribution in [2.24, 2.45) is 5.92 Å². The van der Waals surface area contributed by atoms with Gasteiger partial charge in [-0.2, -0.15) is 18.4 Å². The van der Waals surface area contributed by atoms with Crippen molar-refractivity contribution in [3.05, 3.63) is 77.6 Å². The molecule has 0 spiro atoms. The van der Waals surface area contributed by atoms with E-state index in [1.165, 1.54) is 6.07 Å². The molecule has 304 valence electrons. The Bertz CT molecular complexity index is 2180. The first kappa shape index (κ1) is 39.2. The number of carbonyl (C=O) groups is 3. The van der Waals surface area contributed by atoms with Gasteiger partial charge >= 0.3 is 12.2 Å². The number of hydrogen-bond acceptors (Lipinski definition) is 9. The number of anilines is 2. The van der Waals surface area contributed by atoms with E-state index in [1.54, 1.807) is 17.0 Å². The summed E-state index contributed by atoms with van der Waals surface area (Å²) in [6, 6.07) is 16.5. The highest BCUT2D eigenvalue weighted by atomic mass is 19.4. The van der Waals surface area contributed by atoms with Crippen LogP contribution in [0.5, 0.6) is 5.75 Å². The van der Waals surface area contributed by atoms with Crippen molar-refractivity contribution in [2.45, 2.75) is 82.2 Å². The molecule has 5 heterocycles. The largest absolute Gasteiger partial charge is 0.490 e. The van der Waals surface area contributed by atoms with Crippen LogP contribution in [0.25, 0.3) is 10.9 Å². The number of urea groups is 1. The van der Waals surface area contributed by atoms with E-state index in [2.05, 4.69) is 53.5 Å². The van der Waals surface area contributed by atoms with Crippen molar-refractivity contribution in [1.29, 1.82) is 5.26 Å². The minimum Gasteiger partial charge on any atom is -0.490 e. The average molecular weight is 798 g/mol. The van der Waals surface area contributed by atoms with Crippen LogP contribution in [0.15, 0.2) is 60.8 Å². The molecule has 8 rings (SSSR count). The van der Waals surface area contributed by atoms with Crippen molar-refractivity contribution < 1.29 is 32.3 Å². The summed E-state index contributed by atoms with van der Waals surface area (Å²) in [7, 11) is 0. The number of piperidine rings is 2. The summed E-state index contributed by atoms with van der Waals surface area (Å²) in [5.74, 6) is 0.860. The summed E-state index contributed by atoms with van der Waals surface area (Å²) in [5, 5.41) is 24.1. The Balaban J connectivity index is 0.759. The molecular formula is C42H46F3N9O4. The van der Waals surface area contributed by atoms with Gasteiger partial charge in [0.1, 0.15) is 5.75 Å². The van der Waals surface area contributed by atoms with Gasteiger partial charge in [0.15, 0.2) is 11.5 Å². The van der Waals surface area contributed by atoms with Crippen LogP contribution in [0, 0.1) is 17.2 Å². The van der Waals surface area contributed by atoms with E-state index in [0.29, 0.717) is 50.6 Å². The van der Waals surface area contributed by atoms with Gasteiger partial charge in [-0.25, -0.2) is 4.79 Å². The number of likely N-dealkylation sites (tertiary alicyclic amines) is 1. The molecule has 1 saturated carbocycles. The predicted molar refractivity (Wildman–Crippen MR) is 209 cm³/mol.